The summed E-state index contributed by atoms with van der Waals surface area (Å²) in [5, 5.41) is 5.17. The summed E-state index contributed by atoms with van der Waals surface area (Å²) in [5.41, 5.74) is 2.07. The number of carbonyl (C=O) groups excluding carboxylic acids is 1. The molecule has 2 aromatic carbocycles. The van der Waals surface area contributed by atoms with Gasteiger partial charge in [-0.15, -0.1) is 0 Å². The van der Waals surface area contributed by atoms with Crippen molar-refractivity contribution in [1.29, 1.82) is 0 Å². The van der Waals surface area contributed by atoms with Gasteiger partial charge >= 0.3 is 10.3 Å². The minimum Gasteiger partial charge on any atom is -0.497 e. The second-order valence-electron chi connectivity index (χ2n) is 7.59. The molecule has 164 valence electrons. The largest absolute Gasteiger partial charge is 0.497 e. The van der Waals surface area contributed by atoms with Crippen LogP contribution in [0.2, 0.25) is 0 Å². The summed E-state index contributed by atoms with van der Waals surface area (Å²) < 4.78 is 39.4. The summed E-state index contributed by atoms with van der Waals surface area (Å²) in [4.78, 5) is 13.5. The van der Waals surface area contributed by atoms with Crippen molar-refractivity contribution < 1.29 is 26.9 Å². The second kappa shape index (κ2) is 9.59. The maximum absolute atomic E-state index is 13.5. The van der Waals surface area contributed by atoms with E-state index in [1.807, 2.05) is 27.7 Å². The number of methoxy groups -OCH3 is 2. The summed E-state index contributed by atoms with van der Waals surface area (Å²) in [6.07, 6.45) is -0.898. The normalized spacial score (nSPS) is 12.8. The highest BCUT2D eigenvalue weighted by molar-refractivity contribution is 7.84. The van der Waals surface area contributed by atoms with Gasteiger partial charge in [0.15, 0.2) is 11.5 Å². The number of Topliss-reactive ketones (excluding diaryl/α,β-unsaturated/α-hetero) is 1. The van der Waals surface area contributed by atoms with E-state index in [4.69, 9.17) is 18.8 Å². The first-order valence-corrected chi connectivity index (χ1v) is 11.1. The lowest BCUT2D eigenvalue weighted by Crippen LogP contribution is -2.23. The summed E-state index contributed by atoms with van der Waals surface area (Å²) >= 11 is 0. The van der Waals surface area contributed by atoms with Gasteiger partial charge in [0.05, 0.1) is 7.11 Å². The molecule has 1 unspecified atom stereocenters. The number of hydrogen-bond donors (Lipinski definition) is 1. The predicted octanol–water partition coefficient (Wildman–Crippen LogP) is 4.09. The van der Waals surface area contributed by atoms with Crippen LogP contribution in [-0.4, -0.2) is 28.4 Å². The minimum absolute atomic E-state index is 0.0417. The van der Waals surface area contributed by atoms with Gasteiger partial charge in [-0.2, -0.15) is 13.6 Å². The zero-order valence-corrected chi connectivity index (χ0v) is 18.9. The molecule has 8 heteroatoms. The van der Waals surface area contributed by atoms with Crippen molar-refractivity contribution in [3.05, 3.63) is 58.7 Å². The zero-order chi connectivity index (χ0) is 22.6. The molecule has 0 radical (unpaired) electrons. The van der Waals surface area contributed by atoms with Gasteiger partial charge in [0.25, 0.3) is 0 Å². The van der Waals surface area contributed by atoms with E-state index in [-0.39, 0.29) is 23.4 Å². The Balaban J connectivity index is 2.69. The van der Waals surface area contributed by atoms with E-state index in [1.54, 1.807) is 43.5 Å². The van der Waals surface area contributed by atoms with Crippen LogP contribution < -0.4 is 14.1 Å². The number of nitrogens with two attached hydrogens (primary N) is 1. The van der Waals surface area contributed by atoms with Gasteiger partial charge in [-0.25, -0.2) is 0 Å². The maximum Gasteiger partial charge on any atom is 0.380 e. The van der Waals surface area contributed by atoms with Gasteiger partial charge < -0.3 is 13.7 Å². The fourth-order valence-electron chi connectivity index (χ4n) is 3.41. The highest BCUT2D eigenvalue weighted by Gasteiger charge is 2.30. The van der Waals surface area contributed by atoms with Crippen LogP contribution in [-0.2, 0) is 15.0 Å². The van der Waals surface area contributed by atoms with Gasteiger partial charge in [0.1, 0.15) is 11.9 Å². The standard InChI is InChI=1S/C22H29NO6S/c1-13(2)17-10-11-18(19(14(3)4)22(17)29-30(23,25)26)20(24)21(28-6)15-8-7-9-16(12-15)27-5/h7-14,21H,1-6H3,(H2,23,25,26). The first-order valence-electron chi connectivity index (χ1n) is 9.60. The lowest BCUT2D eigenvalue weighted by molar-refractivity contribution is 0.0602. The zero-order valence-electron chi connectivity index (χ0n) is 18.1. The molecule has 0 heterocycles. The number of rotatable bonds is 9. The summed E-state index contributed by atoms with van der Waals surface area (Å²) in [5.74, 6) is 0.139. The molecule has 2 aromatic rings. The molecule has 30 heavy (non-hydrogen) atoms. The third-order valence-electron chi connectivity index (χ3n) is 4.76. The summed E-state index contributed by atoms with van der Waals surface area (Å²) in [6, 6.07) is 10.4. The lowest BCUT2D eigenvalue weighted by atomic mass is 9.86. The van der Waals surface area contributed by atoms with Crippen molar-refractivity contribution in [2.45, 2.75) is 45.6 Å². The molecule has 2 rings (SSSR count). The quantitative estimate of drug-likeness (QED) is 0.595. The average Bonchev–Trinajstić information content (AvgIpc) is 2.66. The Labute approximate surface area is 178 Å². The third-order valence-corrected chi connectivity index (χ3v) is 5.16. The van der Waals surface area contributed by atoms with Gasteiger partial charge in [0.2, 0.25) is 0 Å². The smallest absolute Gasteiger partial charge is 0.380 e. The Morgan fingerprint density at radius 3 is 2.17 bits per heavy atom. The number of hydrogen-bond acceptors (Lipinski definition) is 6. The van der Waals surface area contributed by atoms with Crippen molar-refractivity contribution in [2.24, 2.45) is 5.14 Å². The van der Waals surface area contributed by atoms with E-state index in [1.165, 1.54) is 7.11 Å². The number of ether oxygens (including phenoxy) is 2. The minimum atomic E-state index is -4.28. The van der Waals surface area contributed by atoms with Crippen LogP contribution in [0.4, 0.5) is 0 Å². The molecule has 0 aliphatic heterocycles. The summed E-state index contributed by atoms with van der Waals surface area (Å²) in [7, 11) is -1.29. The molecule has 2 N–H and O–H groups in total. The monoisotopic (exact) mass is 435 g/mol. The summed E-state index contributed by atoms with van der Waals surface area (Å²) in [6.45, 7) is 7.54. The Hall–Kier alpha value is -2.42. The molecule has 0 amide bonds. The van der Waals surface area contributed by atoms with Crippen LogP contribution >= 0.6 is 0 Å². The highest BCUT2D eigenvalue weighted by Crippen LogP contribution is 2.39. The fraction of sp³-hybridized carbons (Fsp3) is 0.409. The Bertz CT molecular complexity index is 1010. The molecule has 0 aliphatic rings. The fourth-order valence-corrected chi connectivity index (χ4v) is 3.83. The predicted molar refractivity (Wildman–Crippen MR) is 115 cm³/mol. The molecule has 1 atom stereocenters. The topological polar surface area (TPSA) is 105 Å². The Morgan fingerprint density at radius 2 is 1.67 bits per heavy atom. The second-order valence-corrected chi connectivity index (χ2v) is 8.74. The maximum atomic E-state index is 13.5. The number of ketones is 1. The van der Waals surface area contributed by atoms with Crippen LogP contribution in [0.5, 0.6) is 11.5 Å². The number of carbonyl (C=O) groups is 1. The first kappa shape index (κ1) is 23.9. The van der Waals surface area contributed by atoms with E-state index < -0.39 is 16.4 Å². The van der Waals surface area contributed by atoms with Crippen LogP contribution in [0.15, 0.2) is 36.4 Å². The molecule has 0 spiro atoms. The molecular formula is C22H29NO6S. The van der Waals surface area contributed by atoms with Crippen molar-refractivity contribution in [1.82, 2.24) is 0 Å². The van der Waals surface area contributed by atoms with Crippen LogP contribution in [0.1, 0.15) is 72.7 Å². The highest BCUT2D eigenvalue weighted by atomic mass is 32.2. The molecule has 7 nitrogen and oxygen atoms in total. The van der Waals surface area contributed by atoms with Crippen molar-refractivity contribution in [2.75, 3.05) is 14.2 Å². The van der Waals surface area contributed by atoms with Crippen LogP contribution in [0.3, 0.4) is 0 Å². The first-order chi connectivity index (χ1) is 14.0. The van der Waals surface area contributed by atoms with E-state index in [2.05, 4.69) is 0 Å². The van der Waals surface area contributed by atoms with E-state index in [0.717, 1.165) is 0 Å². The molecule has 0 bridgehead atoms. The Kier molecular flexibility index (Phi) is 7.63. The van der Waals surface area contributed by atoms with Crippen LogP contribution in [0.25, 0.3) is 0 Å². The lowest BCUT2D eigenvalue weighted by Gasteiger charge is -2.23. The van der Waals surface area contributed by atoms with E-state index in [0.29, 0.717) is 28.0 Å². The average molecular weight is 436 g/mol. The van der Waals surface area contributed by atoms with Gasteiger partial charge in [-0.1, -0.05) is 52.0 Å². The molecule has 0 saturated heterocycles. The molecule has 0 fully saturated rings. The van der Waals surface area contributed by atoms with Crippen molar-refractivity contribution >= 4 is 16.1 Å². The molecular weight excluding hydrogens is 406 g/mol. The van der Waals surface area contributed by atoms with E-state index in [9.17, 15) is 13.2 Å². The molecule has 0 aliphatic carbocycles. The van der Waals surface area contributed by atoms with Gasteiger partial charge in [-0.05, 0) is 35.1 Å². The Morgan fingerprint density at radius 1 is 1.00 bits per heavy atom. The molecule has 0 saturated carbocycles. The van der Waals surface area contributed by atoms with Gasteiger partial charge in [0, 0.05) is 18.2 Å². The SMILES string of the molecule is COc1cccc(C(OC)C(=O)c2ccc(C(C)C)c(OS(N)(=O)=O)c2C(C)C)c1. The van der Waals surface area contributed by atoms with E-state index >= 15 is 0 Å². The molecule has 0 aromatic heterocycles. The third kappa shape index (κ3) is 5.38. The van der Waals surface area contributed by atoms with Crippen LogP contribution in [0, 0.1) is 0 Å². The van der Waals surface area contributed by atoms with Crippen molar-refractivity contribution in [3.63, 3.8) is 0 Å². The number of benzene rings is 2. The van der Waals surface area contributed by atoms with Crippen molar-refractivity contribution in [3.8, 4) is 11.5 Å². The van der Waals surface area contributed by atoms with Gasteiger partial charge in [-0.3, -0.25) is 4.79 Å².